The fourth-order valence-electron chi connectivity index (χ4n) is 2.18. The highest BCUT2D eigenvalue weighted by atomic mass is 32.1. The summed E-state index contributed by atoms with van der Waals surface area (Å²) >= 11 is 1.18. The molecule has 3 rings (SSSR count). The molecule has 0 radical (unpaired) electrons. The molecule has 130 valence electrons. The third-order valence-corrected chi connectivity index (χ3v) is 4.14. The Hall–Kier alpha value is -3.66. The number of aromatic nitrogens is 1. The average molecular weight is 370 g/mol. The summed E-state index contributed by atoms with van der Waals surface area (Å²) in [5.74, 6) is -0.717. The summed E-state index contributed by atoms with van der Waals surface area (Å²) in [4.78, 5) is 36.8. The quantitative estimate of drug-likeness (QED) is 0.536. The second-order valence-electron chi connectivity index (χ2n) is 5.11. The molecule has 1 amide bonds. The maximum absolute atomic E-state index is 12.3. The number of benzene rings is 2. The number of hydrogen-bond donors (Lipinski definition) is 1. The number of nitrogens with one attached hydrogen (secondary N) is 1. The number of anilines is 1. The first kappa shape index (κ1) is 17.2. The molecular formula is C16H10N4O5S. The molecule has 26 heavy (non-hydrogen) atoms. The Balaban J connectivity index is 1.85. The minimum Gasteiger partial charge on any atom is -0.298 e. The Kier molecular flexibility index (Phi) is 4.67. The van der Waals surface area contributed by atoms with Gasteiger partial charge in [-0.2, -0.15) is 0 Å². The van der Waals surface area contributed by atoms with Gasteiger partial charge in [0.1, 0.15) is 0 Å². The fraction of sp³-hybridized carbons (Fsp3) is 0. The van der Waals surface area contributed by atoms with Gasteiger partial charge in [0, 0.05) is 23.1 Å². The van der Waals surface area contributed by atoms with Crippen LogP contribution >= 0.6 is 11.3 Å². The van der Waals surface area contributed by atoms with Crippen molar-refractivity contribution in [1.29, 1.82) is 0 Å². The molecule has 0 saturated heterocycles. The summed E-state index contributed by atoms with van der Waals surface area (Å²) in [5.41, 5.74) is 0.274. The summed E-state index contributed by atoms with van der Waals surface area (Å²) in [6.45, 7) is 0. The van der Waals surface area contributed by atoms with Crippen molar-refractivity contribution in [1.82, 2.24) is 4.98 Å². The molecule has 0 aliphatic rings. The van der Waals surface area contributed by atoms with Crippen molar-refractivity contribution in [3.63, 3.8) is 0 Å². The van der Waals surface area contributed by atoms with Crippen LogP contribution in [0.5, 0.6) is 0 Å². The number of rotatable bonds is 5. The summed E-state index contributed by atoms with van der Waals surface area (Å²) in [5, 5.41) is 26.4. The van der Waals surface area contributed by atoms with E-state index in [0.29, 0.717) is 5.69 Å². The number of nitrogens with zero attached hydrogens (tertiary/aromatic N) is 3. The van der Waals surface area contributed by atoms with Gasteiger partial charge < -0.3 is 0 Å². The third kappa shape index (κ3) is 3.70. The molecule has 1 heterocycles. The molecule has 9 nitrogen and oxygen atoms in total. The van der Waals surface area contributed by atoms with Gasteiger partial charge in [0.2, 0.25) is 0 Å². The first-order valence-corrected chi connectivity index (χ1v) is 8.08. The molecule has 0 aliphatic heterocycles. The monoisotopic (exact) mass is 370 g/mol. The van der Waals surface area contributed by atoms with Gasteiger partial charge in [-0.1, -0.05) is 30.3 Å². The predicted molar refractivity (Wildman–Crippen MR) is 95.3 cm³/mol. The van der Waals surface area contributed by atoms with Gasteiger partial charge in [-0.15, -0.1) is 11.3 Å². The summed E-state index contributed by atoms with van der Waals surface area (Å²) in [6.07, 6.45) is 0. The molecule has 2 aromatic carbocycles. The van der Waals surface area contributed by atoms with E-state index in [4.69, 9.17) is 0 Å². The van der Waals surface area contributed by atoms with Crippen LogP contribution in [0.25, 0.3) is 11.3 Å². The van der Waals surface area contributed by atoms with Crippen molar-refractivity contribution in [3.05, 3.63) is 79.7 Å². The molecule has 0 atom stereocenters. The van der Waals surface area contributed by atoms with E-state index in [2.05, 4.69) is 10.3 Å². The van der Waals surface area contributed by atoms with E-state index < -0.39 is 27.1 Å². The summed E-state index contributed by atoms with van der Waals surface area (Å²) in [6, 6.07) is 12.1. The lowest BCUT2D eigenvalue weighted by Crippen LogP contribution is -2.12. The molecule has 0 unspecified atom stereocenters. The molecule has 0 spiro atoms. The maximum Gasteiger partial charge on any atom is 0.277 e. The Morgan fingerprint density at radius 2 is 1.62 bits per heavy atom. The van der Waals surface area contributed by atoms with Crippen LogP contribution in [0.4, 0.5) is 16.5 Å². The Morgan fingerprint density at radius 1 is 1.00 bits per heavy atom. The smallest absolute Gasteiger partial charge is 0.277 e. The predicted octanol–water partition coefficient (Wildman–Crippen LogP) is 3.88. The molecule has 0 fully saturated rings. The highest BCUT2D eigenvalue weighted by molar-refractivity contribution is 7.14. The zero-order chi connectivity index (χ0) is 18.7. The highest BCUT2D eigenvalue weighted by Gasteiger charge is 2.20. The number of amides is 1. The van der Waals surface area contributed by atoms with Gasteiger partial charge in [0.15, 0.2) is 5.13 Å². The van der Waals surface area contributed by atoms with Crippen molar-refractivity contribution >= 4 is 33.8 Å². The zero-order valence-electron chi connectivity index (χ0n) is 13.0. The van der Waals surface area contributed by atoms with Crippen molar-refractivity contribution in [2.24, 2.45) is 0 Å². The van der Waals surface area contributed by atoms with Crippen molar-refractivity contribution in [3.8, 4) is 11.3 Å². The minimum absolute atomic E-state index is 0.192. The van der Waals surface area contributed by atoms with Crippen LogP contribution in [0.1, 0.15) is 10.4 Å². The Labute approximate surface area is 150 Å². The van der Waals surface area contributed by atoms with Gasteiger partial charge in [-0.3, -0.25) is 30.3 Å². The molecule has 10 heteroatoms. The largest absolute Gasteiger partial charge is 0.298 e. The maximum atomic E-state index is 12.3. The molecule has 3 aromatic rings. The topological polar surface area (TPSA) is 128 Å². The SMILES string of the molecule is O=C(Nc1nc(-c2ccccc2)cs1)c1cc([N+](=O)[O-])cc([N+](=O)[O-])c1. The summed E-state index contributed by atoms with van der Waals surface area (Å²) in [7, 11) is 0. The van der Waals surface area contributed by atoms with E-state index in [1.807, 2.05) is 30.3 Å². The number of hydrogen-bond acceptors (Lipinski definition) is 7. The summed E-state index contributed by atoms with van der Waals surface area (Å²) < 4.78 is 0. The lowest BCUT2D eigenvalue weighted by Gasteiger charge is -2.02. The number of nitro benzene ring substituents is 2. The molecule has 0 saturated carbocycles. The zero-order valence-corrected chi connectivity index (χ0v) is 13.8. The number of thiazole rings is 1. The highest BCUT2D eigenvalue weighted by Crippen LogP contribution is 2.26. The Bertz CT molecular complexity index is 971. The lowest BCUT2D eigenvalue weighted by atomic mass is 10.1. The molecule has 0 bridgehead atoms. The van der Waals surface area contributed by atoms with Crippen LogP contribution in [0.3, 0.4) is 0 Å². The molecule has 0 aliphatic carbocycles. The Morgan fingerprint density at radius 3 is 2.19 bits per heavy atom. The van der Waals surface area contributed by atoms with Crippen molar-refractivity contribution < 1.29 is 14.6 Å². The second-order valence-corrected chi connectivity index (χ2v) is 5.97. The van der Waals surface area contributed by atoms with Gasteiger partial charge >= 0.3 is 0 Å². The van der Waals surface area contributed by atoms with Crippen LogP contribution < -0.4 is 5.32 Å². The molecule has 1 N–H and O–H groups in total. The first-order chi connectivity index (χ1) is 12.4. The number of non-ortho nitro benzene ring substituents is 2. The van der Waals surface area contributed by atoms with E-state index in [1.165, 1.54) is 11.3 Å². The third-order valence-electron chi connectivity index (χ3n) is 3.38. The van der Waals surface area contributed by atoms with Crippen LogP contribution in [0, 0.1) is 20.2 Å². The van der Waals surface area contributed by atoms with E-state index in [1.54, 1.807) is 5.38 Å². The van der Waals surface area contributed by atoms with Gasteiger partial charge in [-0.25, -0.2) is 4.98 Å². The first-order valence-electron chi connectivity index (χ1n) is 7.20. The standard InChI is InChI=1S/C16H10N4O5S/c21-15(11-6-12(19(22)23)8-13(7-11)20(24)25)18-16-17-14(9-26-16)10-4-2-1-3-5-10/h1-9H,(H,17,18,21). The molecular weight excluding hydrogens is 360 g/mol. The van der Waals surface area contributed by atoms with Gasteiger partial charge in [0.05, 0.1) is 27.2 Å². The second kappa shape index (κ2) is 7.07. The van der Waals surface area contributed by atoms with Crippen molar-refractivity contribution in [2.45, 2.75) is 0 Å². The number of nitro groups is 2. The van der Waals surface area contributed by atoms with E-state index >= 15 is 0 Å². The van der Waals surface area contributed by atoms with E-state index in [9.17, 15) is 25.0 Å². The molecule has 1 aromatic heterocycles. The number of carbonyl (C=O) groups is 1. The lowest BCUT2D eigenvalue weighted by molar-refractivity contribution is -0.394. The van der Waals surface area contributed by atoms with E-state index in [0.717, 1.165) is 23.8 Å². The van der Waals surface area contributed by atoms with Crippen LogP contribution in [-0.4, -0.2) is 20.7 Å². The minimum atomic E-state index is -0.791. The number of carbonyl (C=O) groups excluding carboxylic acids is 1. The van der Waals surface area contributed by atoms with E-state index in [-0.39, 0.29) is 10.7 Å². The normalized spacial score (nSPS) is 10.3. The van der Waals surface area contributed by atoms with Crippen molar-refractivity contribution in [2.75, 3.05) is 5.32 Å². The van der Waals surface area contributed by atoms with Crippen LogP contribution in [0.15, 0.2) is 53.9 Å². The average Bonchev–Trinajstić information content (AvgIpc) is 3.10. The van der Waals surface area contributed by atoms with Crippen LogP contribution in [0.2, 0.25) is 0 Å². The van der Waals surface area contributed by atoms with Crippen LogP contribution in [-0.2, 0) is 0 Å². The van der Waals surface area contributed by atoms with Gasteiger partial charge in [-0.05, 0) is 0 Å². The fourth-order valence-corrected chi connectivity index (χ4v) is 2.89. The van der Waals surface area contributed by atoms with Gasteiger partial charge in [0.25, 0.3) is 17.3 Å².